The molecule has 0 radical (unpaired) electrons. The third-order valence-electron chi connectivity index (χ3n) is 5.66. The Morgan fingerprint density at radius 2 is 1.62 bits per heavy atom. The van der Waals surface area contributed by atoms with Crippen LogP contribution in [0.25, 0.3) is 16.8 Å². The van der Waals surface area contributed by atoms with Gasteiger partial charge in [-0.2, -0.15) is 0 Å². The number of carbonyl (C=O) groups excluding carboxylic acids is 1. The third kappa shape index (κ3) is 5.14. The highest BCUT2D eigenvalue weighted by atomic mass is 16.2. The summed E-state index contributed by atoms with van der Waals surface area (Å²) >= 11 is 0. The van der Waals surface area contributed by atoms with E-state index in [1.54, 1.807) is 12.5 Å². The van der Waals surface area contributed by atoms with Crippen LogP contribution in [0.2, 0.25) is 0 Å². The van der Waals surface area contributed by atoms with Gasteiger partial charge in [0.15, 0.2) is 0 Å². The summed E-state index contributed by atoms with van der Waals surface area (Å²) < 4.78 is 1.84. The Labute approximate surface area is 190 Å². The minimum absolute atomic E-state index is 0.0676. The van der Waals surface area contributed by atoms with Crippen molar-refractivity contribution in [2.45, 2.75) is 39.7 Å². The molecule has 3 aromatic carbocycles. The van der Waals surface area contributed by atoms with Crippen molar-refractivity contribution in [3.05, 3.63) is 108 Å². The largest absolute Gasteiger partial charge is 0.348 e. The van der Waals surface area contributed by atoms with E-state index in [-0.39, 0.29) is 11.9 Å². The number of aryl methyl sites for hydroxylation is 3. The maximum atomic E-state index is 12.9. The molecule has 0 aliphatic rings. The van der Waals surface area contributed by atoms with Gasteiger partial charge >= 0.3 is 0 Å². The molecule has 1 N–H and O–H groups in total. The van der Waals surface area contributed by atoms with E-state index >= 15 is 0 Å². The first-order valence-corrected chi connectivity index (χ1v) is 11.1. The maximum absolute atomic E-state index is 12.9. The van der Waals surface area contributed by atoms with Gasteiger partial charge in [-0.05, 0) is 62.4 Å². The molecule has 1 heterocycles. The fraction of sp³-hybridized carbons (Fsp3) is 0.214. The molecule has 4 heteroatoms. The molecule has 162 valence electrons. The molecule has 4 aromatic rings. The average molecular weight is 424 g/mol. The monoisotopic (exact) mass is 423 g/mol. The fourth-order valence-corrected chi connectivity index (χ4v) is 4.02. The van der Waals surface area contributed by atoms with Crippen molar-refractivity contribution in [1.29, 1.82) is 0 Å². The zero-order chi connectivity index (χ0) is 22.5. The molecule has 1 amide bonds. The summed E-state index contributed by atoms with van der Waals surface area (Å²) in [6.45, 7) is 6.27. The van der Waals surface area contributed by atoms with Crippen LogP contribution in [0.1, 0.15) is 40.5 Å². The highest BCUT2D eigenvalue weighted by Gasteiger charge is 2.15. The highest BCUT2D eigenvalue weighted by molar-refractivity contribution is 5.93. The first-order valence-electron chi connectivity index (χ1n) is 11.1. The summed E-state index contributed by atoms with van der Waals surface area (Å²) in [5, 5.41) is 3.11. The number of hydrogen-bond donors (Lipinski definition) is 1. The van der Waals surface area contributed by atoms with Gasteiger partial charge < -0.3 is 5.32 Å². The lowest BCUT2D eigenvalue weighted by Crippen LogP contribution is -2.34. The summed E-state index contributed by atoms with van der Waals surface area (Å²) in [7, 11) is 0. The molecule has 32 heavy (non-hydrogen) atoms. The minimum atomic E-state index is -0.110. The van der Waals surface area contributed by atoms with Gasteiger partial charge in [0.2, 0.25) is 0 Å². The molecule has 0 fully saturated rings. The maximum Gasteiger partial charge on any atom is 0.270 e. The van der Waals surface area contributed by atoms with Crippen molar-refractivity contribution in [3.63, 3.8) is 0 Å². The smallest absolute Gasteiger partial charge is 0.270 e. The number of carbonyl (C=O) groups is 1. The van der Waals surface area contributed by atoms with Gasteiger partial charge in [-0.3, -0.25) is 9.36 Å². The van der Waals surface area contributed by atoms with Crippen molar-refractivity contribution < 1.29 is 4.79 Å². The second-order valence-corrected chi connectivity index (χ2v) is 8.47. The quantitative estimate of drug-likeness (QED) is 0.402. The Morgan fingerprint density at radius 1 is 0.938 bits per heavy atom. The fourth-order valence-electron chi connectivity index (χ4n) is 4.02. The summed E-state index contributed by atoms with van der Waals surface area (Å²) in [6.07, 6.45) is 5.13. The Hall–Kier alpha value is -3.66. The second-order valence-electron chi connectivity index (χ2n) is 8.47. The topological polar surface area (TPSA) is 46.9 Å². The van der Waals surface area contributed by atoms with Gasteiger partial charge in [0.1, 0.15) is 5.69 Å². The van der Waals surface area contributed by atoms with Crippen LogP contribution < -0.4 is 5.32 Å². The number of imidazole rings is 1. The Balaban J connectivity index is 1.45. The molecule has 0 saturated heterocycles. The Bertz CT molecular complexity index is 1170. The summed E-state index contributed by atoms with van der Waals surface area (Å²) in [5.41, 5.74) is 7.58. The summed E-state index contributed by atoms with van der Waals surface area (Å²) in [5.74, 6) is -0.110. The third-order valence-corrected chi connectivity index (χ3v) is 5.66. The zero-order valence-corrected chi connectivity index (χ0v) is 18.9. The van der Waals surface area contributed by atoms with Crippen molar-refractivity contribution >= 4 is 5.91 Å². The lowest BCUT2D eigenvalue weighted by Gasteiger charge is -2.15. The van der Waals surface area contributed by atoms with Crippen molar-refractivity contribution in [1.82, 2.24) is 14.9 Å². The number of hydrogen-bond acceptors (Lipinski definition) is 2. The summed E-state index contributed by atoms with van der Waals surface area (Å²) in [6, 6.07) is 25.2. The predicted molar refractivity (Wildman–Crippen MR) is 130 cm³/mol. The van der Waals surface area contributed by atoms with Crippen LogP contribution in [0.5, 0.6) is 0 Å². The van der Waals surface area contributed by atoms with Crippen molar-refractivity contribution in [2.24, 2.45) is 0 Å². The van der Waals surface area contributed by atoms with Crippen LogP contribution in [-0.2, 0) is 6.42 Å². The standard InChI is InChI=1S/C28H29N3O/c1-20-15-21(2)17-25(16-20)24-11-13-26(14-12-24)31-19-29-18-27(31)28(32)30-22(3)9-10-23-7-5-4-6-8-23/h4-8,11-19,22H,9-10H2,1-3H3,(H,30,32). The molecule has 0 aliphatic carbocycles. The normalized spacial score (nSPS) is 11.8. The number of aromatic nitrogens is 2. The van der Waals surface area contributed by atoms with E-state index < -0.39 is 0 Å². The van der Waals surface area contributed by atoms with Gasteiger partial charge in [0.05, 0.1) is 12.5 Å². The van der Waals surface area contributed by atoms with Crippen molar-refractivity contribution in [3.8, 4) is 16.8 Å². The van der Waals surface area contributed by atoms with Crippen LogP contribution in [0.4, 0.5) is 0 Å². The van der Waals surface area contributed by atoms with Crippen LogP contribution in [0.3, 0.4) is 0 Å². The van der Waals surface area contributed by atoms with Gasteiger partial charge in [0, 0.05) is 11.7 Å². The van der Waals surface area contributed by atoms with E-state index in [1.165, 1.54) is 22.3 Å². The van der Waals surface area contributed by atoms with Gasteiger partial charge in [0.25, 0.3) is 5.91 Å². The zero-order valence-electron chi connectivity index (χ0n) is 18.9. The molecular formula is C28H29N3O. The lowest BCUT2D eigenvalue weighted by molar-refractivity contribution is 0.0931. The van der Waals surface area contributed by atoms with Crippen LogP contribution in [-0.4, -0.2) is 21.5 Å². The van der Waals surface area contributed by atoms with Gasteiger partial charge in [-0.15, -0.1) is 0 Å². The first-order chi connectivity index (χ1) is 15.5. The number of nitrogens with one attached hydrogen (secondary N) is 1. The van der Waals surface area contributed by atoms with E-state index in [4.69, 9.17) is 0 Å². The minimum Gasteiger partial charge on any atom is -0.348 e. The molecule has 1 aromatic heterocycles. The van der Waals surface area contributed by atoms with Crippen molar-refractivity contribution in [2.75, 3.05) is 0 Å². The molecule has 1 unspecified atom stereocenters. The summed E-state index contributed by atoms with van der Waals surface area (Å²) in [4.78, 5) is 17.1. The SMILES string of the molecule is Cc1cc(C)cc(-c2ccc(-n3cncc3C(=O)NC(C)CCc3ccccc3)cc2)c1. The lowest BCUT2D eigenvalue weighted by atomic mass is 10.0. The van der Waals surface area contributed by atoms with E-state index in [1.807, 2.05) is 41.8 Å². The molecule has 0 saturated carbocycles. The van der Waals surface area contributed by atoms with Gasteiger partial charge in [-0.25, -0.2) is 4.98 Å². The predicted octanol–water partition coefficient (Wildman–Crippen LogP) is 5.91. The van der Waals surface area contributed by atoms with Gasteiger partial charge in [-0.1, -0.05) is 71.8 Å². The Morgan fingerprint density at radius 3 is 2.31 bits per heavy atom. The van der Waals surface area contributed by atoms with Crippen LogP contribution in [0.15, 0.2) is 85.3 Å². The Kier molecular flexibility index (Phi) is 6.50. The number of rotatable bonds is 7. The molecule has 0 spiro atoms. The van der Waals surface area contributed by atoms with E-state index in [0.717, 1.165) is 24.1 Å². The number of amides is 1. The van der Waals surface area contributed by atoms with E-state index in [2.05, 4.69) is 66.6 Å². The van der Waals surface area contributed by atoms with Crippen LogP contribution >= 0.6 is 0 Å². The number of benzene rings is 3. The molecular weight excluding hydrogens is 394 g/mol. The van der Waals surface area contributed by atoms with Crippen LogP contribution in [0, 0.1) is 13.8 Å². The number of nitrogens with zero attached hydrogens (tertiary/aromatic N) is 2. The first kappa shape index (κ1) is 21.6. The average Bonchev–Trinajstić information content (AvgIpc) is 3.28. The molecule has 0 aliphatic heterocycles. The molecule has 4 nitrogen and oxygen atoms in total. The van der Waals surface area contributed by atoms with E-state index in [9.17, 15) is 4.79 Å². The van der Waals surface area contributed by atoms with E-state index in [0.29, 0.717) is 5.69 Å². The highest BCUT2D eigenvalue weighted by Crippen LogP contribution is 2.24. The molecule has 0 bridgehead atoms. The molecule has 1 atom stereocenters. The second kappa shape index (κ2) is 9.65. The molecule has 4 rings (SSSR count).